The van der Waals surface area contributed by atoms with Gasteiger partial charge >= 0.3 is 0 Å². The first-order valence-corrected chi connectivity index (χ1v) is 16.6. The zero-order valence-corrected chi connectivity index (χ0v) is 28.4. The molecule has 2 aromatic rings. The highest BCUT2D eigenvalue weighted by Crippen LogP contribution is 2.36. The summed E-state index contributed by atoms with van der Waals surface area (Å²) in [6.07, 6.45) is 7.86. The third-order valence-electron chi connectivity index (χ3n) is 7.80. The second-order valence-corrected chi connectivity index (χ2v) is 11.2. The van der Waals surface area contributed by atoms with Crippen LogP contribution in [-0.2, 0) is 4.79 Å². The summed E-state index contributed by atoms with van der Waals surface area (Å²) in [7, 11) is 1.91. The number of rotatable bonds is 12. The number of aldehydes is 1. The van der Waals surface area contributed by atoms with Gasteiger partial charge in [0.05, 0.1) is 18.0 Å². The molecule has 4 rings (SSSR count). The van der Waals surface area contributed by atoms with Crippen LogP contribution in [0.4, 0.5) is 5.69 Å². The summed E-state index contributed by atoms with van der Waals surface area (Å²) in [5, 5.41) is 21.8. The highest BCUT2D eigenvalue weighted by atomic mass is 35.5. The van der Waals surface area contributed by atoms with Crippen LogP contribution < -0.4 is 26.0 Å². The van der Waals surface area contributed by atoms with Gasteiger partial charge in [0.2, 0.25) is 0 Å². The van der Waals surface area contributed by atoms with Gasteiger partial charge in [-0.2, -0.15) is 10.2 Å². The molecule has 2 fully saturated rings. The van der Waals surface area contributed by atoms with E-state index in [1.807, 2.05) is 76.3 Å². The number of benzene rings is 2. The summed E-state index contributed by atoms with van der Waals surface area (Å²) >= 11 is 6.27. The van der Waals surface area contributed by atoms with Crippen LogP contribution >= 0.6 is 11.6 Å². The Kier molecular flexibility index (Phi) is 18.3. The predicted octanol–water partition coefficient (Wildman–Crippen LogP) is 7.58. The van der Waals surface area contributed by atoms with Crippen molar-refractivity contribution in [3.05, 3.63) is 82.8 Å². The Morgan fingerprint density at radius 2 is 1.91 bits per heavy atom. The Balaban J connectivity index is 0.000000604. The quantitative estimate of drug-likeness (QED) is 0.0830. The third kappa shape index (κ3) is 13.1. The smallest absolute Gasteiger partial charge is 0.168 e. The highest BCUT2D eigenvalue weighted by Gasteiger charge is 2.26. The molecule has 1 aliphatic heterocycles. The summed E-state index contributed by atoms with van der Waals surface area (Å²) in [6, 6.07) is 15.7. The van der Waals surface area contributed by atoms with Crippen molar-refractivity contribution in [3.63, 3.8) is 0 Å². The van der Waals surface area contributed by atoms with E-state index in [0.29, 0.717) is 29.2 Å². The van der Waals surface area contributed by atoms with Crippen LogP contribution in [0.2, 0.25) is 5.02 Å². The minimum atomic E-state index is 0.330. The number of ether oxygens (including phenoxy) is 1. The molecule has 0 spiro atoms. The lowest BCUT2D eigenvalue weighted by Gasteiger charge is -2.31. The Morgan fingerprint density at radius 3 is 2.58 bits per heavy atom. The predicted molar refractivity (Wildman–Crippen MR) is 192 cm³/mol. The van der Waals surface area contributed by atoms with E-state index in [2.05, 4.69) is 44.8 Å². The summed E-state index contributed by atoms with van der Waals surface area (Å²) in [5.74, 6) is 1.62. The first kappa shape index (κ1) is 37.6. The topological polar surface area (TPSA) is 99.1 Å². The van der Waals surface area contributed by atoms with Crippen LogP contribution in [0.3, 0.4) is 0 Å². The number of para-hydroxylation sites is 1. The molecule has 1 saturated carbocycles. The van der Waals surface area contributed by atoms with Crippen LogP contribution in [0.15, 0.2) is 82.4 Å². The monoisotopic (exact) mass is 636 g/mol. The van der Waals surface area contributed by atoms with Crippen molar-refractivity contribution in [2.24, 2.45) is 22.0 Å². The number of hydrogen-bond donors (Lipinski definition) is 4. The van der Waals surface area contributed by atoms with Crippen molar-refractivity contribution >= 4 is 36.0 Å². The average Bonchev–Trinajstić information content (AvgIpc) is 3.38. The third-order valence-corrected chi connectivity index (χ3v) is 8.04. The molecule has 45 heavy (non-hydrogen) atoms. The maximum atomic E-state index is 11.8. The fraction of sp³-hybridized carbons (Fsp3) is 0.472. The number of hydrogen-bond acceptors (Lipinski definition) is 8. The van der Waals surface area contributed by atoms with Crippen molar-refractivity contribution in [1.82, 2.24) is 16.0 Å². The van der Waals surface area contributed by atoms with Gasteiger partial charge in [-0.3, -0.25) is 4.79 Å². The van der Waals surface area contributed by atoms with Crippen molar-refractivity contribution in [2.75, 3.05) is 38.6 Å². The van der Waals surface area contributed by atoms with Crippen molar-refractivity contribution < 1.29 is 9.53 Å². The van der Waals surface area contributed by atoms with Crippen LogP contribution in [0.25, 0.3) is 0 Å². The van der Waals surface area contributed by atoms with Gasteiger partial charge in [0.1, 0.15) is 5.75 Å². The highest BCUT2D eigenvalue weighted by molar-refractivity contribution is 6.31. The van der Waals surface area contributed by atoms with Gasteiger partial charge in [-0.15, -0.1) is 0 Å². The minimum Gasteiger partial charge on any atom is -0.493 e. The Hall–Kier alpha value is -3.62. The van der Waals surface area contributed by atoms with Crippen molar-refractivity contribution in [2.45, 2.75) is 65.7 Å². The van der Waals surface area contributed by atoms with Crippen LogP contribution in [0.1, 0.15) is 71.3 Å². The van der Waals surface area contributed by atoms with E-state index < -0.39 is 0 Å². The Morgan fingerprint density at radius 1 is 1.13 bits per heavy atom. The summed E-state index contributed by atoms with van der Waals surface area (Å²) in [6.45, 7) is 17.0. The van der Waals surface area contributed by atoms with Gasteiger partial charge in [-0.1, -0.05) is 63.1 Å². The van der Waals surface area contributed by atoms with E-state index in [0.717, 1.165) is 98.6 Å². The number of halogens is 1. The maximum Gasteiger partial charge on any atom is 0.168 e. The zero-order chi connectivity index (χ0) is 32.9. The molecular formula is C36H53ClN6O2. The second-order valence-electron chi connectivity index (χ2n) is 10.7. The van der Waals surface area contributed by atoms with Gasteiger partial charge in [0, 0.05) is 67.5 Å². The fourth-order valence-electron chi connectivity index (χ4n) is 5.56. The van der Waals surface area contributed by atoms with Gasteiger partial charge in [-0.25, -0.2) is 0 Å². The number of carbonyl (C=O) groups excluding carboxylic acids is 1. The molecule has 1 aliphatic carbocycles. The minimum absolute atomic E-state index is 0.330. The molecule has 4 N–H and O–H groups in total. The van der Waals surface area contributed by atoms with Crippen LogP contribution in [0.5, 0.6) is 5.75 Å². The lowest BCUT2D eigenvalue weighted by Crippen LogP contribution is -2.28. The number of nitrogens with zero attached hydrogens (tertiary/aromatic N) is 2. The largest absolute Gasteiger partial charge is 0.493 e. The second kappa shape index (κ2) is 22.0. The van der Waals surface area contributed by atoms with E-state index in [1.54, 1.807) is 0 Å². The molecule has 0 radical (unpaired) electrons. The molecule has 1 saturated heterocycles. The molecule has 0 amide bonds. The normalized spacial score (nSPS) is 19.1. The number of allylic oxidation sites excluding steroid dienone is 2. The lowest BCUT2D eigenvalue weighted by molar-refractivity contribution is -0.105. The van der Waals surface area contributed by atoms with Crippen molar-refractivity contribution in [1.29, 1.82) is 0 Å². The molecule has 2 aliphatic rings. The molecular weight excluding hydrogens is 584 g/mol. The summed E-state index contributed by atoms with van der Waals surface area (Å²) < 4.78 is 5.80. The van der Waals surface area contributed by atoms with E-state index >= 15 is 0 Å². The number of anilines is 1. The van der Waals surface area contributed by atoms with Gasteiger partial charge < -0.3 is 26.0 Å². The molecule has 0 aromatic heterocycles. The standard InChI is InChI=1S/C27H38ClN5O2.C7H9N.C2H6/c1-4-35-27-11-9-22(28)17-23(27)24(33-29-3)10-8-20-6-5-7-21(16-20)19(2)32-26(18-34)25-12-13-30-14-15-31-25;1-8-7-5-3-2-4-6-7;1-2/h9,11,17-18,20-21,30-32H,2-8,10,12-16H2,1H3;2-6,8H,1H3;1-2H3/b26-25+,33-24+;;. The van der Waals surface area contributed by atoms with E-state index in [9.17, 15) is 4.79 Å². The molecule has 1 heterocycles. The van der Waals surface area contributed by atoms with Crippen LogP contribution in [0, 0.1) is 11.8 Å². The van der Waals surface area contributed by atoms with Gasteiger partial charge in [0.25, 0.3) is 0 Å². The molecule has 246 valence electrons. The first-order chi connectivity index (χ1) is 22.0. The lowest BCUT2D eigenvalue weighted by atomic mass is 9.77. The molecule has 8 nitrogen and oxygen atoms in total. The van der Waals surface area contributed by atoms with Crippen LogP contribution in [-0.4, -0.2) is 52.0 Å². The van der Waals surface area contributed by atoms with E-state index in [1.165, 1.54) is 6.42 Å². The average molecular weight is 637 g/mol. The Bertz CT molecular complexity index is 1240. The van der Waals surface area contributed by atoms with Gasteiger partial charge in [-0.05, 0) is 74.8 Å². The first-order valence-electron chi connectivity index (χ1n) is 16.3. The molecule has 0 bridgehead atoms. The molecule has 2 atom stereocenters. The zero-order valence-electron chi connectivity index (χ0n) is 27.6. The van der Waals surface area contributed by atoms with E-state index in [4.69, 9.17) is 16.3 Å². The number of nitrogens with one attached hydrogen (secondary N) is 4. The molecule has 2 aromatic carbocycles. The van der Waals surface area contributed by atoms with E-state index in [-0.39, 0.29) is 0 Å². The SMILES string of the molecule is C=N/N=C(\CCC1CCCC(C(=C)N/C(C=O)=C2\CCNCCN2)C1)c1cc(Cl)ccc1OCC.CC.CNc1ccccc1. The Labute approximate surface area is 275 Å². The van der Waals surface area contributed by atoms with Gasteiger partial charge in [0.15, 0.2) is 6.29 Å². The summed E-state index contributed by atoms with van der Waals surface area (Å²) in [5.41, 5.74) is 5.37. The molecule has 2 unspecified atom stereocenters. The molecule has 9 heteroatoms. The van der Waals surface area contributed by atoms with Crippen molar-refractivity contribution in [3.8, 4) is 5.75 Å². The fourth-order valence-corrected chi connectivity index (χ4v) is 5.73. The number of carbonyl (C=O) groups is 1. The maximum absolute atomic E-state index is 11.8. The summed E-state index contributed by atoms with van der Waals surface area (Å²) in [4.78, 5) is 11.8.